The van der Waals surface area contributed by atoms with Gasteiger partial charge in [0.05, 0.1) is 5.56 Å². The van der Waals surface area contributed by atoms with Gasteiger partial charge in [-0.2, -0.15) is 22.0 Å². The monoisotopic (exact) mass is 371 g/mol. The minimum Gasteiger partial charge on any atom is -0.434 e. The number of amides is 1. The van der Waals surface area contributed by atoms with Gasteiger partial charge in [0.1, 0.15) is 5.75 Å². The number of alkyl halides is 5. The largest absolute Gasteiger partial charge is 0.434 e. The molecule has 2 aromatic rings. The molecule has 2 aromatic carbocycles. The summed E-state index contributed by atoms with van der Waals surface area (Å²) in [6, 6.07) is 10.3. The number of carbonyl (C=O) groups is 1. The molecular formula is C18H14F5NO2. The second-order valence-corrected chi connectivity index (χ2v) is 5.16. The van der Waals surface area contributed by atoms with Crippen LogP contribution in [0.5, 0.6) is 5.75 Å². The van der Waals surface area contributed by atoms with Crippen LogP contribution in [0.1, 0.15) is 16.7 Å². The first-order valence-corrected chi connectivity index (χ1v) is 7.41. The fourth-order valence-electron chi connectivity index (χ4n) is 2.05. The Bertz CT molecular complexity index is 770. The Hall–Kier alpha value is -2.90. The highest BCUT2D eigenvalue weighted by Gasteiger charge is 2.29. The van der Waals surface area contributed by atoms with E-state index in [-0.39, 0.29) is 17.9 Å². The molecule has 0 aromatic heterocycles. The molecule has 0 aliphatic rings. The van der Waals surface area contributed by atoms with E-state index in [2.05, 4.69) is 10.1 Å². The summed E-state index contributed by atoms with van der Waals surface area (Å²) in [5.41, 5.74) is 0.00164. The average Bonchev–Trinajstić information content (AvgIpc) is 2.58. The lowest BCUT2D eigenvalue weighted by Crippen LogP contribution is -2.20. The Morgan fingerprint density at radius 1 is 1.08 bits per heavy atom. The summed E-state index contributed by atoms with van der Waals surface area (Å²) >= 11 is 0. The van der Waals surface area contributed by atoms with Crippen molar-refractivity contribution >= 4 is 12.0 Å². The quantitative estimate of drug-likeness (QED) is 0.594. The lowest BCUT2D eigenvalue weighted by Gasteiger charge is -2.08. The summed E-state index contributed by atoms with van der Waals surface area (Å²) in [6.45, 7) is -2.96. The number of ether oxygens (including phenoxy) is 1. The van der Waals surface area contributed by atoms with Gasteiger partial charge in [-0.15, -0.1) is 0 Å². The van der Waals surface area contributed by atoms with Gasteiger partial charge < -0.3 is 10.1 Å². The molecule has 0 spiro atoms. The van der Waals surface area contributed by atoms with Gasteiger partial charge >= 0.3 is 12.8 Å². The molecule has 2 rings (SSSR count). The number of carbonyl (C=O) groups excluding carboxylic acids is 1. The molecule has 0 heterocycles. The highest BCUT2D eigenvalue weighted by molar-refractivity contribution is 5.92. The van der Waals surface area contributed by atoms with Crippen LogP contribution in [0.15, 0.2) is 54.6 Å². The zero-order valence-electron chi connectivity index (χ0n) is 13.3. The van der Waals surface area contributed by atoms with Crippen LogP contribution >= 0.6 is 0 Å². The van der Waals surface area contributed by atoms with Crippen LogP contribution in [0, 0.1) is 0 Å². The second-order valence-electron chi connectivity index (χ2n) is 5.16. The predicted octanol–water partition coefficient (Wildman–Crippen LogP) is 4.64. The van der Waals surface area contributed by atoms with Crippen LogP contribution < -0.4 is 10.1 Å². The fraction of sp³-hybridized carbons (Fsp3) is 0.167. The van der Waals surface area contributed by atoms with Crippen LogP contribution in [-0.4, -0.2) is 12.5 Å². The van der Waals surface area contributed by atoms with Gasteiger partial charge in [-0.05, 0) is 29.8 Å². The van der Waals surface area contributed by atoms with Gasteiger partial charge in [0.2, 0.25) is 5.91 Å². The molecule has 0 aliphatic carbocycles. The van der Waals surface area contributed by atoms with Gasteiger partial charge in [-0.3, -0.25) is 4.79 Å². The molecule has 8 heteroatoms. The van der Waals surface area contributed by atoms with Crippen molar-refractivity contribution < 1.29 is 31.5 Å². The van der Waals surface area contributed by atoms with Gasteiger partial charge in [-0.25, -0.2) is 0 Å². The van der Waals surface area contributed by atoms with Crippen LogP contribution in [0.25, 0.3) is 6.08 Å². The average molecular weight is 371 g/mol. The van der Waals surface area contributed by atoms with Gasteiger partial charge in [0.15, 0.2) is 0 Å². The van der Waals surface area contributed by atoms with E-state index in [1.54, 1.807) is 6.07 Å². The molecule has 3 nitrogen and oxygen atoms in total. The number of hydrogen-bond acceptors (Lipinski definition) is 2. The van der Waals surface area contributed by atoms with Crippen LogP contribution in [-0.2, 0) is 17.5 Å². The van der Waals surface area contributed by atoms with Crippen molar-refractivity contribution in [1.29, 1.82) is 0 Å². The Morgan fingerprint density at radius 3 is 2.35 bits per heavy atom. The first kappa shape index (κ1) is 19.4. The third-order valence-corrected chi connectivity index (χ3v) is 3.30. The molecule has 1 amide bonds. The lowest BCUT2D eigenvalue weighted by molar-refractivity contribution is -0.137. The van der Waals surface area contributed by atoms with Crippen molar-refractivity contribution in [1.82, 2.24) is 5.32 Å². The molecular weight excluding hydrogens is 357 g/mol. The summed E-state index contributed by atoms with van der Waals surface area (Å²) in [7, 11) is 0. The van der Waals surface area contributed by atoms with Crippen LogP contribution in [0.4, 0.5) is 22.0 Å². The smallest absolute Gasteiger partial charge is 0.416 e. The zero-order chi connectivity index (χ0) is 19.2. The molecule has 26 heavy (non-hydrogen) atoms. The maximum absolute atomic E-state index is 12.5. The Labute approximate surface area is 146 Å². The van der Waals surface area contributed by atoms with Gasteiger partial charge in [0.25, 0.3) is 0 Å². The van der Waals surface area contributed by atoms with Crippen LogP contribution in [0.2, 0.25) is 0 Å². The number of benzene rings is 2. The maximum Gasteiger partial charge on any atom is 0.416 e. The number of para-hydroxylation sites is 1. The molecule has 0 radical (unpaired) electrons. The molecule has 138 valence electrons. The Kier molecular flexibility index (Phi) is 6.32. The van der Waals surface area contributed by atoms with Crippen molar-refractivity contribution in [2.45, 2.75) is 19.3 Å². The summed E-state index contributed by atoms with van der Waals surface area (Å²) in [6.07, 6.45) is -1.99. The van der Waals surface area contributed by atoms with E-state index in [1.807, 2.05) is 0 Å². The molecule has 0 atom stereocenters. The zero-order valence-corrected chi connectivity index (χ0v) is 13.3. The standard InChI is InChI=1S/C18H14F5NO2/c19-17(20)26-15-4-2-1-3-13(15)7-10-16(25)24-11-12-5-8-14(9-6-12)18(21,22)23/h1-10,17H,11H2,(H,24,25)/b10-7+. The molecule has 0 aliphatic heterocycles. The van der Waals surface area contributed by atoms with E-state index >= 15 is 0 Å². The number of nitrogens with one attached hydrogen (secondary N) is 1. The molecule has 0 saturated carbocycles. The summed E-state index contributed by atoms with van der Waals surface area (Å²) in [5, 5.41) is 2.49. The number of halogens is 5. The Balaban J connectivity index is 1.94. The SMILES string of the molecule is O=C(/C=C/c1ccccc1OC(F)F)NCc1ccc(C(F)(F)F)cc1. The lowest BCUT2D eigenvalue weighted by atomic mass is 10.1. The van der Waals surface area contributed by atoms with Crippen molar-refractivity contribution in [3.05, 3.63) is 71.3 Å². The predicted molar refractivity (Wildman–Crippen MR) is 85.4 cm³/mol. The van der Waals surface area contributed by atoms with E-state index < -0.39 is 24.3 Å². The topological polar surface area (TPSA) is 38.3 Å². The molecule has 0 bridgehead atoms. The van der Waals surface area contributed by atoms with Crippen molar-refractivity contribution in [2.75, 3.05) is 0 Å². The third-order valence-electron chi connectivity index (χ3n) is 3.30. The van der Waals surface area contributed by atoms with E-state index in [1.165, 1.54) is 36.4 Å². The molecule has 1 N–H and O–H groups in total. The molecule has 0 saturated heterocycles. The molecule has 0 unspecified atom stereocenters. The highest BCUT2D eigenvalue weighted by atomic mass is 19.4. The van der Waals surface area contributed by atoms with Gasteiger partial charge in [-0.1, -0.05) is 30.3 Å². The fourth-order valence-corrected chi connectivity index (χ4v) is 2.05. The number of rotatable bonds is 6. The number of hydrogen-bond donors (Lipinski definition) is 1. The summed E-state index contributed by atoms with van der Waals surface area (Å²) in [5.74, 6) is -0.606. The van der Waals surface area contributed by atoms with Crippen molar-refractivity contribution in [3.8, 4) is 5.75 Å². The normalized spacial score (nSPS) is 11.8. The van der Waals surface area contributed by atoms with Crippen molar-refractivity contribution in [2.24, 2.45) is 0 Å². The van der Waals surface area contributed by atoms with E-state index in [0.717, 1.165) is 18.2 Å². The van der Waals surface area contributed by atoms with Crippen LogP contribution in [0.3, 0.4) is 0 Å². The highest BCUT2D eigenvalue weighted by Crippen LogP contribution is 2.29. The summed E-state index contributed by atoms with van der Waals surface area (Å²) < 4.78 is 66.4. The maximum atomic E-state index is 12.5. The minimum absolute atomic E-state index is 0.0243. The van der Waals surface area contributed by atoms with E-state index in [0.29, 0.717) is 5.56 Å². The molecule has 0 fully saturated rings. The minimum atomic E-state index is -4.42. The van der Waals surface area contributed by atoms with E-state index in [9.17, 15) is 26.7 Å². The first-order chi connectivity index (χ1) is 12.3. The summed E-state index contributed by atoms with van der Waals surface area (Å²) in [4.78, 5) is 11.8. The second kappa shape index (κ2) is 8.46. The Morgan fingerprint density at radius 2 is 1.73 bits per heavy atom. The third kappa shape index (κ3) is 5.87. The van der Waals surface area contributed by atoms with E-state index in [4.69, 9.17) is 0 Å². The van der Waals surface area contributed by atoms with Gasteiger partial charge in [0, 0.05) is 18.2 Å². The first-order valence-electron chi connectivity index (χ1n) is 7.41. The van der Waals surface area contributed by atoms with Crippen molar-refractivity contribution in [3.63, 3.8) is 0 Å².